The molecule has 1 aromatic rings. The van der Waals surface area contributed by atoms with E-state index in [-0.39, 0.29) is 29.7 Å². The van der Waals surface area contributed by atoms with Gasteiger partial charge in [0.25, 0.3) is 0 Å². The summed E-state index contributed by atoms with van der Waals surface area (Å²) in [5.41, 5.74) is -0.533. The molecule has 20 heavy (non-hydrogen) atoms. The Morgan fingerprint density at radius 3 is 2.60 bits per heavy atom. The van der Waals surface area contributed by atoms with Crippen LogP contribution in [0, 0.1) is 0 Å². The number of hydrogen-bond donors (Lipinski definition) is 1. The minimum Gasteiger partial charge on any atom is -0.309 e. The second-order valence-corrected chi connectivity index (χ2v) is 7.22. The second kappa shape index (κ2) is 5.73. The Bertz CT molecular complexity index is 569. The highest BCUT2D eigenvalue weighted by atomic mass is 32.2. The minimum atomic E-state index is -4.39. The van der Waals surface area contributed by atoms with Gasteiger partial charge in [-0.1, -0.05) is 18.2 Å². The number of nitrogens with one attached hydrogen (secondary N) is 1. The monoisotopic (exact) mass is 307 g/mol. The summed E-state index contributed by atoms with van der Waals surface area (Å²) in [6.07, 6.45) is -3.16. The number of sulfone groups is 1. The highest BCUT2D eigenvalue weighted by molar-refractivity contribution is 7.91. The third kappa shape index (κ3) is 3.96. The second-order valence-electron chi connectivity index (χ2n) is 4.99. The van der Waals surface area contributed by atoms with Crippen LogP contribution in [0.3, 0.4) is 0 Å². The predicted octanol–water partition coefficient (Wildman–Crippen LogP) is 2.37. The third-order valence-corrected chi connectivity index (χ3v) is 5.19. The fourth-order valence-corrected chi connectivity index (χ4v) is 4.06. The normalized spacial score (nSPS) is 22.6. The molecular weight excluding hydrogens is 291 g/mol. The molecule has 0 saturated carbocycles. The van der Waals surface area contributed by atoms with Crippen molar-refractivity contribution in [3.8, 4) is 0 Å². The van der Waals surface area contributed by atoms with Gasteiger partial charge in [0.1, 0.15) is 0 Å². The molecule has 1 unspecified atom stereocenters. The molecular formula is C13H16F3NO2S. The average molecular weight is 307 g/mol. The zero-order valence-electron chi connectivity index (χ0n) is 10.8. The van der Waals surface area contributed by atoms with Gasteiger partial charge in [-0.3, -0.25) is 0 Å². The molecule has 2 rings (SSSR count). The molecule has 0 bridgehead atoms. The Balaban J connectivity index is 2.05. The Kier molecular flexibility index (Phi) is 4.39. The van der Waals surface area contributed by atoms with Crippen LogP contribution in [0.5, 0.6) is 0 Å². The summed E-state index contributed by atoms with van der Waals surface area (Å²) in [6.45, 7) is 0.0237. The van der Waals surface area contributed by atoms with E-state index in [2.05, 4.69) is 5.32 Å². The lowest BCUT2D eigenvalue weighted by Gasteiger charge is -2.24. The Labute approximate surface area is 116 Å². The highest BCUT2D eigenvalue weighted by Crippen LogP contribution is 2.31. The lowest BCUT2D eigenvalue weighted by atomic mass is 10.1. The van der Waals surface area contributed by atoms with E-state index < -0.39 is 21.6 Å². The molecule has 1 N–H and O–H groups in total. The fraction of sp³-hybridized carbons (Fsp3) is 0.538. The first-order valence-corrected chi connectivity index (χ1v) is 8.19. The lowest BCUT2D eigenvalue weighted by molar-refractivity contribution is -0.138. The third-order valence-electron chi connectivity index (χ3n) is 3.37. The summed E-state index contributed by atoms with van der Waals surface area (Å²) in [5, 5.41) is 2.93. The van der Waals surface area contributed by atoms with E-state index in [0.29, 0.717) is 12.8 Å². The molecule has 112 valence electrons. The summed E-state index contributed by atoms with van der Waals surface area (Å²) in [6, 6.07) is 5.07. The Morgan fingerprint density at radius 1 is 1.25 bits per heavy atom. The standard InChI is InChI=1S/C13H16F3NO2S/c14-13(15,16)12-6-2-1-4-10(12)8-17-11-5-3-7-20(18,19)9-11/h1-2,4,6,11,17H,3,5,7-9H2. The maximum Gasteiger partial charge on any atom is 0.416 e. The molecule has 1 fully saturated rings. The van der Waals surface area contributed by atoms with Crippen molar-refractivity contribution in [2.45, 2.75) is 31.6 Å². The molecule has 1 aromatic carbocycles. The van der Waals surface area contributed by atoms with Crippen LogP contribution >= 0.6 is 0 Å². The van der Waals surface area contributed by atoms with Crippen molar-refractivity contribution in [2.75, 3.05) is 11.5 Å². The lowest BCUT2D eigenvalue weighted by Crippen LogP contribution is -2.40. The summed E-state index contributed by atoms with van der Waals surface area (Å²) < 4.78 is 61.4. The van der Waals surface area contributed by atoms with Crippen molar-refractivity contribution < 1.29 is 21.6 Å². The van der Waals surface area contributed by atoms with Crippen LogP contribution in [0.15, 0.2) is 24.3 Å². The SMILES string of the molecule is O=S1(=O)CCCC(NCc2ccccc2C(F)(F)F)C1. The molecule has 1 aliphatic rings. The molecule has 1 heterocycles. The summed E-state index contributed by atoms with van der Waals surface area (Å²) >= 11 is 0. The van der Waals surface area contributed by atoms with Crippen LogP contribution in [0.2, 0.25) is 0 Å². The first kappa shape index (κ1) is 15.3. The predicted molar refractivity (Wildman–Crippen MR) is 70.0 cm³/mol. The van der Waals surface area contributed by atoms with Gasteiger partial charge in [-0.15, -0.1) is 0 Å². The molecule has 1 aliphatic heterocycles. The molecule has 0 aromatic heterocycles. The highest BCUT2D eigenvalue weighted by Gasteiger charge is 2.33. The summed E-state index contributed by atoms with van der Waals surface area (Å²) in [7, 11) is -3.06. The maximum atomic E-state index is 12.8. The molecule has 0 amide bonds. The molecule has 0 spiro atoms. The topological polar surface area (TPSA) is 46.2 Å². The number of halogens is 3. The molecule has 1 saturated heterocycles. The maximum absolute atomic E-state index is 12.8. The van der Waals surface area contributed by atoms with Crippen LogP contribution in [0.4, 0.5) is 13.2 Å². The van der Waals surface area contributed by atoms with E-state index in [9.17, 15) is 21.6 Å². The number of hydrogen-bond acceptors (Lipinski definition) is 3. The van der Waals surface area contributed by atoms with E-state index in [1.54, 1.807) is 6.07 Å². The van der Waals surface area contributed by atoms with Crippen molar-refractivity contribution in [3.63, 3.8) is 0 Å². The smallest absolute Gasteiger partial charge is 0.309 e. The van der Waals surface area contributed by atoms with Crippen LogP contribution in [-0.2, 0) is 22.6 Å². The Hall–Kier alpha value is -1.08. The van der Waals surface area contributed by atoms with Crippen molar-refractivity contribution in [3.05, 3.63) is 35.4 Å². The zero-order valence-corrected chi connectivity index (χ0v) is 11.6. The molecule has 0 aliphatic carbocycles. The van der Waals surface area contributed by atoms with E-state index in [1.165, 1.54) is 12.1 Å². The molecule has 0 radical (unpaired) electrons. The van der Waals surface area contributed by atoms with Gasteiger partial charge < -0.3 is 5.32 Å². The number of alkyl halides is 3. The minimum absolute atomic E-state index is 0.00118. The van der Waals surface area contributed by atoms with Crippen molar-refractivity contribution in [1.29, 1.82) is 0 Å². The fourth-order valence-electron chi connectivity index (χ4n) is 2.39. The first-order chi connectivity index (χ1) is 9.28. The van der Waals surface area contributed by atoms with Crippen LogP contribution in [0.25, 0.3) is 0 Å². The van der Waals surface area contributed by atoms with Gasteiger partial charge >= 0.3 is 6.18 Å². The quantitative estimate of drug-likeness (QED) is 0.932. The van der Waals surface area contributed by atoms with E-state index in [4.69, 9.17) is 0 Å². The summed E-state index contributed by atoms with van der Waals surface area (Å²) in [4.78, 5) is 0. The van der Waals surface area contributed by atoms with E-state index >= 15 is 0 Å². The van der Waals surface area contributed by atoms with Gasteiger partial charge in [0.05, 0.1) is 17.1 Å². The van der Waals surface area contributed by atoms with Crippen molar-refractivity contribution >= 4 is 9.84 Å². The van der Waals surface area contributed by atoms with Gasteiger partial charge in [0.2, 0.25) is 0 Å². The summed E-state index contributed by atoms with van der Waals surface area (Å²) in [5.74, 6) is 0.172. The van der Waals surface area contributed by atoms with Crippen LogP contribution in [0.1, 0.15) is 24.0 Å². The van der Waals surface area contributed by atoms with Gasteiger partial charge in [0, 0.05) is 12.6 Å². The number of rotatable bonds is 3. The van der Waals surface area contributed by atoms with Crippen molar-refractivity contribution in [1.82, 2.24) is 5.32 Å². The van der Waals surface area contributed by atoms with Gasteiger partial charge in [-0.05, 0) is 24.5 Å². The van der Waals surface area contributed by atoms with E-state index in [1.807, 2.05) is 0 Å². The molecule has 7 heteroatoms. The van der Waals surface area contributed by atoms with Crippen molar-refractivity contribution in [2.24, 2.45) is 0 Å². The zero-order chi connectivity index (χ0) is 14.8. The van der Waals surface area contributed by atoms with Gasteiger partial charge in [-0.2, -0.15) is 13.2 Å². The largest absolute Gasteiger partial charge is 0.416 e. The van der Waals surface area contributed by atoms with Gasteiger partial charge in [-0.25, -0.2) is 8.42 Å². The number of benzene rings is 1. The van der Waals surface area contributed by atoms with E-state index in [0.717, 1.165) is 6.07 Å². The van der Waals surface area contributed by atoms with Crippen LogP contribution < -0.4 is 5.32 Å². The molecule has 1 atom stereocenters. The van der Waals surface area contributed by atoms with Crippen LogP contribution in [-0.4, -0.2) is 26.0 Å². The first-order valence-electron chi connectivity index (χ1n) is 6.37. The van der Waals surface area contributed by atoms with Gasteiger partial charge in [0.15, 0.2) is 9.84 Å². The average Bonchev–Trinajstić information content (AvgIpc) is 2.34. The molecule has 3 nitrogen and oxygen atoms in total. The Morgan fingerprint density at radius 2 is 1.95 bits per heavy atom.